The van der Waals surface area contributed by atoms with Gasteiger partial charge in [-0.2, -0.15) is 0 Å². The maximum absolute atomic E-state index is 7.25. The van der Waals surface area contributed by atoms with Crippen molar-refractivity contribution < 1.29 is 87.4 Å². The summed E-state index contributed by atoms with van der Waals surface area (Å²) in [5.74, 6) is 0. The van der Waals surface area contributed by atoms with E-state index in [0.717, 1.165) is 0 Å². The summed E-state index contributed by atoms with van der Waals surface area (Å²) in [5.41, 5.74) is 23.0. The molecule has 0 aliphatic rings. The maximum atomic E-state index is 7.25. The molecular weight excluding hydrogens is 472 g/mol. The van der Waals surface area contributed by atoms with Crippen LogP contribution in [0.15, 0.2) is 0 Å². The monoisotopic (exact) mass is 472 g/mol. The van der Waals surface area contributed by atoms with Crippen molar-refractivity contribution >= 4 is 54.0 Å². The summed E-state index contributed by atoms with van der Waals surface area (Å²) in [7, 11) is 0. The Labute approximate surface area is 161 Å². The van der Waals surface area contributed by atoms with Crippen molar-refractivity contribution in [3.63, 3.8) is 0 Å². The van der Waals surface area contributed by atoms with E-state index in [1.165, 1.54) is 0 Å². The molecule has 0 amide bonds. The molecule has 16 heavy (non-hydrogen) atoms. The Bertz CT molecular complexity index is 75.0. The second-order valence-corrected chi connectivity index (χ2v) is 0. The van der Waals surface area contributed by atoms with Gasteiger partial charge in [-0.25, -0.2) is 0 Å². The van der Waals surface area contributed by atoms with Gasteiger partial charge in [0.1, 0.15) is 0 Å². The van der Waals surface area contributed by atoms with Gasteiger partial charge in [0.15, 0.2) is 0 Å². The fraction of sp³-hybridized carbons (Fsp3) is 0. The molecule has 0 spiro atoms. The van der Waals surface area contributed by atoms with Crippen molar-refractivity contribution in [2.24, 2.45) is 0 Å². The van der Waals surface area contributed by atoms with Crippen LogP contribution < -0.4 is 0 Å². The molecule has 0 N–H and O–H groups in total. The Morgan fingerprint density at radius 3 is 0.375 bits per heavy atom. The van der Waals surface area contributed by atoms with Gasteiger partial charge in [-0.15, -0.1) is 0 Å². The molecule has 0 aliphatic carbocycles. The summed E-state index contributed by atoms with van der Waals surface area (Å²) in [6.45, 7) is 0. The van der Waals surface area contributed by atoms with E-state index >= 15 is 0 Å². The first-order valence-corrected chi connectivity index (χ1v) is 0.730. The normalized spacial score (nSPS) is 0.500. The van der Waals surface area contributed by atoms with Crippen LogP contribution in [0, 0.1) is 21.8 Å². The zero-order valence-corrected chi connectivity index (χ0v) is 14.2. The topological polar surface area (TPSA) is 175 Å². The van der Waals surface area contributed by atoms with Crippen LogP contribution in [-0.2, 0) is 141 Å². The van der Waals surface area contributed by atoms with Crippen LogP contribution in [0.2, 0.25) is 0 Å². The van der Waals surface area contributed by atoms with Crippen LogP contribution in [0.5, 0.6) is 0 Å². The molecule has 0 rings (SSSR count). The Morgan fingerprint density at radius 2 is 0.375 bits per heavy atom. The molecule has 0 aliphatic heterocycles. The van der Waals surface area contributed by atoms with Gasteiger partial charge in [0.05, 0.1) is 0 Å². The van der Waals surface area contributed by atoms with E-state index in [4.69, 9.17) is 40.9 Å². The van der Waals surface area contributed by atoms with Gasteiger partial charge >= 0.3 is 58.0 Å². The van der Waals surface area contributed by atoms with Gasteiger partial charge in [0.25, 0.3) is 0 Å². The predicted molar refractivity (Wildman–Crippen MR) is 39.1 cm³/mol. The second-order valence-electron chi connectivity index (χ2n) is 0. The summed E-state index contributed by atoms with van der Waals surface area (Å²) in [4.78, 5) is 0. The van der Waals surface area contributed by atoms with Gasteiger partial charge in [-0.1, -0.05) is 0 Å². The molecule has 0 aromatic heterocycles. The third-order valence-corrected chi connectivity index (χ3v) is 0. The fourth-order valence-corrected chi connectivity index (χ4v) is 0. The molecule has 0 fully saturated rings. The Balaban J connectivity index is -0.00000000114. The van der Waals surface area contributed by atoms with Crippen LogP contribution in [0.25, 0.3) is 0 Å². The number of nitrogens with zero attached hydrogens (tertiary/aromatic N) is 4. The number of rotatable bonds is 0. The quantitative estimate of drug-likeness (QED) is 0.344. The minimum Gasteiger partial charge on any atom is -2.00 e. The Morgan fingerprint density at radius 1 is 0.375 bits per heavy atom. The zero-order chi connectivity index (χ0) is 8.00. The maximum Gasteiger partial charge on any atom is 3.00 e. The van der Waals surface area contributed by atoms with Crippen LogP contribution in [-0.4, -0.2) is 0 Å². The van der Waals surface area contributed by atoms with Gasteiger partial charge in [-0.05, 0) is 0 Å². The van der Waals surface area contributed by atoms with E-state index in [-0.39, 0.29) is 122 Å². The third-order valence-electron chi connectivity index (χ3n) is 0. The van der Waals surface area contributed by atoms with Gasteiger partial charge in [-0.3, -0.25) is 0 Å². The van der Waals surface area contributed by atoms with E-state index in [1.54, 1.807) is 0 Å². The molecule has 0 bridgehead atoms. The van der Waals surface area contributed by atoms with E-state index in [9.17, 15) is 0 Å². The molecular formula is Fe4N4O4S4-. The molecule has 0 atom stereocenters. The molecule has 0 saturated carbocycles. The van der Waals surface area contributed by atoms with Crippen molar-refractivity contribution in [3.8, 4) is 0 Å². The average molecular weight is 472 g/mol. The SMILES string of the molecule is N#[O+].N#[O+].N#[O+].N#[O+].[Fe+3].[Fe].[Fe].[Fe].[S-2].[S-2].[S-2].[S-2]. The van der Waals surface area contributed by atoms with Gasteiger partial charge in [0.2, 0.25) is 0 Å². The smallest absolute Gasteiger partial charge is 2.00 e. The summed E-state index contributed by atoms with van der Waals surface area (Å²) >= 11 is 0. The van der Waals surface area contributed by atoms with Crippen molar-refractivity contribution in [2.75, 3.05) is 0 Å². The molecule has 0 aromatic carbocycles. The molecule has 0 saturated heterocycles. The van der Waals surface area contributed by atoms with Crippen molar-refractivity contribution in [2.45, 2.75) is 0 Å². The molecule has 0 aromatic rings. The first-order valence-electron chi connectivity index (χ1n) is 0.730. The molecule has 16 heteroatoms. The fourth-order valence-electron chi connectivity index (χ4n) is 0. The van der Waals surface area contributed by atoms with Crippen LogP contribution in [0.3, 0.4) is 0 Å². The Hall–Kier alpha value is 2.16. The second kappa shape index (κ2) is 962. The van der Waals surface area contributed by atoms with Crippen LogP contribution in [0.1, 0.15) is 0 Å². The Kier molecular flexibility index (Phi) is 8480. The van der Waals surface area contributed by atoms with E-state index < -0.39 is 0 Å². The van der Waals surface area contributed by atoms with E-state index in [2.05, 4.69) is 0 Å². The summed E-state index contributed by atoms with van der Waals surface area (Å²) in [5, 5.41) is 0. The zero-order valence-electron chi connectivity index (χ0n) is 6.47. The van der Waals surface area contributed by atoms with Crippen molar-refractivity contribution in [1.29, 1.82) is 21.8 Å². The van der Waals surface area contributed by atoms with Crippen LogP contribution >= 0.6 is 0 Å². The number of hydrogen-bond donors (Lipinski definition) is 0. The molecule has 8 nitrogen and oxygen atoms in total. The largest absolute Gasteiger partial charge is 3.00 e. The van der Waals surface area contributed by atoms with Crippen molar-refractivity contribution in [1.82, 2.24) is 0 Å². The van der Waals surface area contributed by atoms with Crippen molar-refractivity contribution in [3.05, 3.63) is 0 Å². The van der Waals surface area contributed by atoms with E-state index in [1.807, 2.05) is 0 Å². The van der Waals surface area contributed by atoms with E-state index in [0.29, 0.717) is 0 Å². The third kappa shape index (κ3) is 797. The minimum absolute atomic E-state index is 0. The first kappa shape index (κ1) is 141. The molecule has 101 valence electrons. The molecule has 1 radical (unpaired) electrons. The predicted octanol–water partition coefficient (Wildman–Crippen LogP) is -0.434. The number of hydrogen-bond acceptors (Lipinski definition) is 4. The summed E-state index contributed by atoms with van der Waals surface area (Å²) < 4.78 is 29.0. The summed E-state index contributed by atoms with van der Waals surface area (Å²) in [6.07, 6.45) is 0. The van der Waals surface area contributed by atoms with Gasteiger partial charge < -0.3 is 54.0 Å². The van der Waals surface area contributed by atoms with Gasteiger partial charge in [0, 0.05) is 51.2 Å². The standard InChI is InChI=1S/4Fe.4NO.4S/c;;;;4*1-2;;;;/q;;;+3;4*+1;4*-2. The molecule has 0 unspecified atom stereocenters. The average Bonchev–Trinajstić information content (AvgIpc) is 2.03. The first-order chi connectivity index (χ1) is 4.00. The van der Waals surface area contributed by atoms with Crippen LogP contribution in [0.4, 0.5) is 0 Å². The minimum atomic E-state index is 0. The molecule has 0 heterocycles. The summed E-state index contributed by atoms with van der Waals surface area (Å²) in [6, 6.07) is 0.